The van der Waals surface area contributed by atoms with E-state index in [0.717, 1.165) is 5.19 Å². The molecule has 0 saturated carbocycles. The molecule has 170 valence electrons. The molecular formula is C22H30O8Si. The molecule has 1 heterocycles. The van der Waals surface area contributed by atoms with Crippen LogP contribution < -0.4 is 14.7 Å². The molecule has 0 amide bonds. The Morgan fingerprint density at radius 1 is 0.968 bits per heavy atom. The van der Waals surface area contributed by atoms with Gasteiger partial charge in [-0.25, -0.2) is 0 Å². The molecule has 31 heavy (non-hydrogen) atoms. The maximum Gasteiger partial charge on any atom is 0.308 e. The summed E-state index contributed by atoms with van der Waals surface area (Å²) in [6.07, 6.45) is 1.32. The molecule has 2 rings (SSSR count). The zero-order valence-electron chi connectivity index (χ0n) is 19.0. The van der Waals surface area contributed by atoms with Gasteiger partial charge >= 0.3 is 17.9 Å². The molecule has 1 aliphatic rings. The van der Waals surface area contributed by atoms with Crippen LogP contribution in [-0.4, -0.2) is 51.9 Å². The molecule has 1 aromatic carbocycles. The average Bonchev–Trinajstić information content (AvgIpc) is 2.65. The summed E-state index contributed by atoms with van der Waals surface area (Å²) in [4.78, 5) is 34.5. The molecule has 3 atom stereocenters. The third-order valence-corrected chi connectivity index (χ3v) is 6.62. The minimum Gasteiger partial charge on any atom is -0.497 e. The highest BCUT2D eigenvalue weighted by Crippen LogP contribution is 2.36. The summed E-state index contributed by atoms with van der Waals surface area (Å²) < 4.78 is 27.6. The number of methoxy groups -OCH3 is 1. The molecule has 0 bridgehead atoms. The summed E-state index contributed by atoms with van der Waals surface area (Å²) in [5, 5.41) is 1.00. The van der Waals surface area contributed by atoms with Crippen LogP contribution in [0.15, 0.2) is 24.3 Å². The standard InChI is InChI=1S/C22H30O8Si/c1-13(23)27-12-21-18(28-14(2)24)9-8-17(30-21)16-10-20(26-4)22(31(5,6)7)11-19(16)29-15(3)25/h8-11,17-18,21H,12H2,1-7H3/t17-,18-,21+/m0/s1. The summed E-state index contributed by atoms with van der Waals surface area (Å²) in [5.74, 6) is -0.357. The molecule has 0 aromatic heterocycles. The van der Waals surface area contributed by atoms with Crippen LogP contribution in [0.3, 0.4) is 0 Å². The fourth-order valence-electron chi connectivity index (χ4n) is 3.26. The van der Waals surface area contributed by atoms with E-state index in [2.05, 4.69) is 19.6 Å². The molecular weight excluding hydrogens is 420 g/mol. The van der Waals surface area contributed by atoms with E-state index >= 15 is 0 Å². The van der Waals surface area contributed by atoms with E-state index in [4.69, 9.17) is 23.7 Å². The van der Waals surface area contributed by atoms with E-state index in [1.165, 1.54) is 20.8 Å². The summed E-state index contributed by atoms with van der Waals surface area (Å²) in [6, 6.07) is 3.63. The van der Waals surface area contributed by atoms with Gasteiger partial charge < -0.3 is 23.7 Å². The molecule has 0 unspecified atom stereocenters. The van der Waals surface area contributed by atoms with Crippen molar-refractivity contribution in [2.45, 2.75) is 58.7 Å². The van der Waals surface area contributed by atoms with Gasteiger partial charge in [0.25, 0.3) is 0 Å². The van der Waals surface area contributed by atoms with Gasteiger partial charge in [-0.1, -0.05) is 25.7 Å². The van der Waals surface area contributed by atoms with E-state index in [-0.39, 0.29) is 6.61 Å². The van der Waals surface area contributed by atoms with Gasteiger partial charge in [0.1, 0.15) is 36.4 Å². The van der Waals surface area contributed by atoms with Gasteiger partial charge in [0, 0.05) is 26.3 Å². The SMILES string of the molecule is COc1cc([C@@H]2C=C[C@H](OC(C)=O)[C@@H](COC(C)=O)O2)c(OC(C)=O)cc1[Si](C)(C)C. The van der Waals surface area contributed by atoms with Crippen molar-refractivity contribution in [1.29, 1.82) is 0 Å². The number of carbonyl (C=O) groups is 3. The fourth-order valence-corrected chi connectivity index (χ4v) is 4.74. The summed E-state index contributed by atoms with van der Waals surface area (Å²) in [5.41, 5.74) is 0.583. The van der Waals surface area contributed by atoms with Crippen LogP contribution in [0.4, 0.5) is 0 Å². The summed E-state index contributed by atoms with van der Waals surface area (Å²) in [6.45, 7) is 10.3. The van der Waals surface area contributed by atoms with Crippen molar-refractivity contribution in [3.8, 4) is 11.5 Å². The van der Waals surface area contributed by atoms with Gasteiger partial charge in [0.15, 0.2) is 0 Å². The van der Waals surface area contributed by atoms with E-state index in [1.807, 2.05) is 6.07 Å². The van der Waals surface area contributed by atoms with Crippen LogP contribution in [0.2, 0.25) is 19.6 Å². The van der Waals surface area contributed by atoms with Crippen molar-refractivity contribution in [2.75, 3.05) is 13.7 Å². The second kappa shape index (κ2) is 10.1. The molecule has 8 nitrogen and oxygen atoms in total. The maximum absolute atomic E-state index is 11.8. The van der Waals surface area contributed by atoms with Gasteiger partial charge in [0.2, 0.25) is 0 Å². The number of benzene rings is 1. The summed E-state index contributed by atoms with van der Waals surface area (Å²) >= 11 is 0. The molecule has 0 N–H and O–H groups in total. The van der Waals surface area contributed by atoms with Crippen molar-refractivity contribution in [2.24, 2.45) is 0 Å². The molecule has 0 radical (unpaired) electrons. The predicted octanol–water partition coefficient (Wildman–Crippen LogP) is 2.66. The first-order valence-electron chi connectivity index (χ1n) is 9.97. The number of esters is 3. The quantitative estimate of drug-likeness (QED) is 0.271. The largest absolute Gasteiger partial charge is 0.497 e. The normalized spacial score (nSPS) is 20.7. The van der Waals surface area contributed by atoms with E-state index < -0.39 is 44.3 Å². The Morgan fingerprint density at radius 3 is 2.16 bits per heavy atom. The van der Waals surface area contributed by atoms with Crippen molar-refractivity contribution < 1.29 is 38.1 Å². The Labute approximate surface area is 183 Å². The number of carbonyl (C=O) groups excluding carboxylic acids is 3. The van der Waals surface area contributed by atoms with Gasteiger partial charge in [-0.15, -0.1) is 0 Å². The highest BCUT2D eigenvalue weighted by Gasteiger charge is 2.34. The minimum absolute atomic E-state index is 0.0961. The Hall–Kier alpha value is -2.65. The number of ether oxygens (including phenoxy) is 5. The number of hydrogen-bond acceptors (Lipinski definition) is 8. The monoisotopic (exact) mass is 450 g/mol. The van der Waals surface area contributed by atoms with Gasteiger partial charge in [-0.3, -0.25) is 14.4 Å². The highest BCUT2D eigenvalue weighted by atomic mass is 28.3. The molecule has 0 fully saturated rings. The van der Waals surface area contributed by atoms with Crippen LogP contribution >= 0.6 is 0 Å². The average molecular weight is 451 g/mol. The van der Waals surface area contributed by atoms with E-state index in [0.29, 0.717) is 17.1 Å². The van der Waals surface area contributed by atoms with E-state index in [1.54, 1.807) is 25.3 Å². The second-order valence-corrected chi connectivity index (χ2v) is 13.3. The lowest BCUT2D eigenvalue weighted by atomic mass is 10.0. The van der Waals surface area contributed by atoms with Gasteiger partial charge in [-0.05, 0) is 23.4 Å². The lowest BCUT2D eigenvalue weighted by molar-refractivity contribution is -0.163. The smallest absolute Gasteiger partial charge is 0.308 e. The Kier molecular flexibility index (Phi) is 8.02. The highest BCUT2D eigenvalue weighted by molar-refractivity contribution is 6.89. The number of rotatable bonds is 7. The molecule has 1 aliphatic heterocycles. The minimum atomic E-state index is -1.81. The molecule has 0 saturated heterocycles. The van der Waals surface area contributed by atoms with Crippen LogP contribution in [0, 0.1) is 0 Å². The molecule has 1 aromatic rings. The Morgan fingerprint density at radius 2 is 1.65 bits per heavy atom. The topological polar surface area (TPSA) is 97.4 Å². The third-order valence-electron chi connectivity index (χ3n) is 4.62. The third kappa shape index (κ3) is 6.66. The molecule has 9 heteroatoms. The van der Waals surface area contributed by atoms with E-state index in [9.17, 15) is 14.4 Å². The van der Waals surface area contributed by atoms with Gasteiger partial charge in [-0.2, -0.15) is 0 Å². The van der Waals surface area contributed by atoms with Crippen LogP contribution in [0.5, 0.6) is 11.5 Å². The lowest BCUT2D eigenvalue weighted by Crippen LogP contribution is -2.40. The maximum atomic E-state index is 11.8. The lowest BCUT2D eigenvalue weighted by Gasteiger charge is -2.32. The van der Waals surface area contributed by atoms with Crippen molar-refractivity contribution >= 4 is 31.2 Å². The van der Waals surface area contributed by atoms with Crippen molar-refractivity contribution in [3.63, 3.8) is 0 Å². The summed E-state index contributed by atoms with van der Waals surface area (Å²) in [7, 11) is -0.223. The Bertz CT molecular complexity index is 871. The Balaban J connectivity index is 2.50. The fraction of sp³-hybridized carbons (Fsp3) is 0.500. The zero-order valence-corrected chi connectivity index (χ0v) is 20.0. The van der Waals surface area contributed by atoms with Crippen molar-refractivity contribution in [3.05, 3.63) is 29.8 Å². The van der Waals surface area contributed by atoms with Gasteiger partial charge in [0.05, 0.1) is 15.2 Å². The van der Waals surface area contributed by atoms with Crippen LogP contribution in [-0.2, 0) is 28.6 Å². The first kappa shape index (κ1) is 24.6. The zero-order chi connectivity index (χ0) is 23.3. The molecule has 0 spiro atoms. The first-order chi connectivity index (χ1) is 14.4. The van der Waals surface area contributed by atoms with Crippen LogP contribution in [0.25, 0.3) is 0 Å². The van der Waals surface area contributed by atoms with Crippen LogP contribution in [0.1, 0.15) is 32.4 Å². The van der Waals surface area contributed by atoms with Crippen molar-refractivity contribution in [1.82, 2.24) is 0 Å². The predicted molar refractivity (Wildman–Crippen MR) is 116 cm³/mol. The number of hydrogen-bond donors (Lipinski definition) is 0. The first-order valence-corrected chi connectivity index (χ1v) is 13.5. The molecule has 0 aliphatic carbocycles. The second-order valence-electron chi connectivity index (χ2n) is 8.29.